The van der Waals surface area contributed by atoms with Gasteiger partial charge in [-0.05, 0) is 37.2 Å². The fraction of sp³-hybridized carbons (Fsp3) is 0.625. The van der Waals surface area contributed by atoms with E-state index in [1.807, 2.05) is 0 Å². The molecule has 0 aliphatic carbocycles. The van der Waals surface area contributed by atoms with E-state index in [9.17, 15) is 0 Å². The van der Waals surface area contributed by atoms with Gasteiger partial charge in [-0.3, -0.25) is 4.90 Å². The molecule has 3 nitrogen and oxygen atoms in total. The Hall–Kier alpha value is -0.900. The highest BCUT2D eigenvalue weighted by molar-refractivity contribution is 5.22. The molecule has 1 aromatic carbocycles. The number of nitrogens with one attached hydrogen (secondary N) is 1. The molecule has 0 saturated carbocycles. The summed E-state index contributed by atoms with van der Waals surface area (Å²) < 4.78 is 5.02. The molecule has 0 spiro atoms. The lowest BCUT2D eigenvalue weighted by molar-refractivity contribution is 0.194. The molecule has 0 unspecified atom stereocenters. The third-order valence-corrected chi connectivity index (χ3v) is 3.35. The maximum absolute atomic E-state index is 5.02. The lowest BCUT2D eigenvalue weighted by atomic mass is 10.1. The molecular weight excluding hydrogens is 236 g/mol. The van der Waals surface area contributed by atoms with Crippen molar-refractivity contribution < 1.29 is 4.74 Å². The van der Waals surface area contributed by atoms with Gasteiger partial charge in [-0.1, -0.05) is 38.1 Å². The normalized spacial score (nSPS) is 11.2. The van der Waals surface area contributed by atoms with E-state index in [0.29, 0.717) is 0 Å². The second-order valence-electron chi connectivity index (χ2n) is 4.80. The zero-order valence-corrected chi connectivity index (χ0v) is 12.6. The fourth-order valence-electron chi connectivity index (χ4n) is 2.04. The number of hydrogen-bond acceptors (Lipinski definition) is 3. The number of hydrogen-bond donors (Lipinski definition) is 1. The van der Waals surface area contributed by atoms with E-state index in [4.69, 9.17) is 4.74 Å². The highest BCUT2D eigenvalue weighted by Crippen LogP contribution is 2.07. The summed E-state index contributed by atoms with van der Waals surface area (Å²) in [5.41, 5.74) is 2.74. The Morgan fingerprint density at radius 3 is 2.26 bits per heavy atom. The highest BCUT2D eigenvalue weighted by atomic mass is 16.5. The average Bonchev–Trinajstić information content (AvgIpc) is 2.46. The van der Waals surface area contributed by atoms with E-state index in [1.54, 1.807) is 7.11 Å². The molecule has 1 N–H and O–H groups in total. The fourth-order valence-corrected chi connectivity index (χ4v) is 2.04. The SMILES string of the molecule is CCN(CC)Cc1ccc(CNCCCOC)cc1. The van der Waals surface area contributed by atoms with Crippen LogP contribution < -0.4 is 5.32 Å². The smallest absolute Gasteiger partial charge is 0.0474 e. The molecule has 108 valence electrons. The molecule has 1 rings (SSSR count). The summed E-state index contributed by atoms with van der Waals surface area (Å²) >= 11 is 0. The molecule has 0 fully saturated rings. The maximum Gasteiger partial charge on any atom is 0.0474 e. The molecule has 0 aromatic heterocycles. The number of methoxy groups -OCH3 is 1. The van der Waals surface area contributed by atoms with E-state index in [1.165, 1.54) is 11.1 Å². The molecule has 3 heteroatoms. The van der Waals surface area contributed by atoms with Crippen molar-refractivity contribution in [2.24, 2.45) is 0 Å². The first kappa shape index (κ1) is 16.2. The summed E-state index contributed by atoms with van der Waals surface area (Å²) in [6.45, 7) is 10.5. The van der Waals surface area contributed by atoms with Crippen LogP contribution in [0.3, 0.4) is 0 Å². The minimum Gasteiger partial charge on any atom is -0.385 e. The summed E-state index contributed by atoms with van der Waals surface area (Å²) in [7, 11) is 1.74. The first-order chi connectivity index (χ1) is 9.30. The van der Waals surface area contributed by atoms with Gasteiger partial charge in [0.05, 0.1) is 0 Å². The zero-order valence-electron chi connectivity index (χ0n) is 12.6. The summed E-state index contributed by atoms with van der Waals surface area (Å²) in [5.74, 6) is 0. The summed E-state index contributed by atoms with van der Waals surface area (Å²) in [6, 6.07) is 8.93. The van der Waals surface area contributed by atoms with Gasteiger partial charge in [0.15, 0.2) is 0 Å². The number of benzene rings is 1. The molecule has 0 bridgehead atoms. The Kier molecular flexibility index (Phi) is 8.47. The predicted molar refractivity (Wildman–Crippen MR) is 81.3 cm³/mol. The third-order valence-electron chi connectivity index (χ3n) is 3.35. The Morgan fingerprint density at radius 2 is 1.68 bits per heavy atom. The topological polar surface area (TPSA) is 24.5 Å². The maximum atomic E-state index is 5.02. The van der Waals surface area contributed by atoms with Crippen LogP contribution in [0, 0.1) is 0 Å². The van der Waals surface area contributed by atoms with Crippen LogP contribution in [0.1, 0.15) is 31.4 Å². The highest BCUT2D eigenvalue weighted by Gasteiger charge is 2.01. The largest absolute Gasteiger partial charge is 0.385 e. The molecule has 0 amide bonds. The van der Waals surface area contributed by atoms with Crippen LogP contribution in [0.5, 0.6) is 0 Å². The van der Waals surface area contributed by atoms with E-state index in [-0.39, 0.29) is 0 Å². The average molecular weight is 264 g/mol. The quantitative estimate of drug-likeness (QED) is 0.658. The van der Waals surface area contributed by atoms with Gasteiger partial charge in [0.2, 0.25) is 0 Å². The molecular formula is C16H28N2O. The van der Waals surface area contributed by atoms with Crippen LogP contribution in [0.4, 0.5) is 0 Å². The van der Waals surface area contributed by atoms with E-state index in [0.717, 1.165) is 45.8 Å². The lowest BCUT2D eigenvalue weighted by Gasteiger charge is -2.18. The van der Waals surface area contributed by atoms with Gasteiger partial charge >= 0.3 is 0 Å². The van der Waals surface area contributed by atoms with Crippen molar-refractivity contribution in [3.63, 3.8) is 0 Å². The Labute approximate surface area is 118 Å². The third kappa shape index (κ3) is 6.71. The summed E-state index contributed by atoms with van der Waals surface area (Å²) in [6.07, 6.45) is 1.07. The number of ether oxygens (including phenoxy) is 1. The monoisotopic (exact) mass is 264 g/mol. The van der Waals surface area contributed by atoms with Gasteiger partial charge in [-0.2, -0.15) is 0 Å². The Balaban J connectivity index is 2.30. The molecule has 19 heavy (non-hydrogen) atoms. The van der Waals surface area contributed by atoms with Crippen molar-refractivity contribution in [1.29, 1.82) is 0 Å². The van der Waals surface area contributed by atoms with Gasteiger partial charge in [0.1, 0.15) is 0 Å². The Morgan fingerprint density at radius 1 is 1.05 bits per heavy atom. The Bertz CT molecular complexity index is 320. The minimum atomic E-state index is 0.829. The minimum absolute atomic E-state index is 0.829. The van der Waals surface area contributed by atoms with Gasteiger partial charge in [0, 0.05) is 26.8 Å². The van der Waals surface area contributed by atoms with Crippen molar-refractivity contribution in [3.8, 4) is 0 Å². The van der Waals surface area contributed by atoms with Crippen molar-refractivity contribution >= 4 is 0 Å². The molecule has 0 atom stereocenters. The number of nitrogens with zero attached hydrogens (tertiary/aromatic N) is 1. The van der Waals surface area contributed by atoms with Crippen LogP contribution in [-0.2, 0) is 17.8 Å². The van der Waals surface area contributed by atoms with Gasteiger partial charge in [-0.25, -0.2) is 0 Å². The lowest BCUT2D eigenvalue weighted by Crippen LogP contribution is -2.22. The summed E-state index contributed by atoms with van der Waals surface area (Å²) in [4.78, 5) is 2.43. The second-order valence-corrected chi connectivity index (χ2v) is 4.80. The van der Waals surface area contributed by atoms with Gasteiger partial charge in [-0.15, -0.1) is 0 Å². The van der Waals surface area contributed by atoms with Crippen LogP contribution in [0.25, 0.3) is 0 Å². The van der Waals surface area contributed by atoms with Gasteiger partial charge in [0.25, 0.3) is 0 Å². The van der Waals surface area contributed by atoms with Crippen LogP contribution in [-0.4, -0.2) is 38.3 Å². The molecule has 0 aliphatic heterocycles. The standard InChI is InChI=1S/C16H28N2O/c1-4-18(5-2)14-16-9-7-15(8-10-16)13-17-11-6-12-19-3/h7-10,17H,4-6,11-14H2,1-3H3. The van der Waals surface area contributed by atoms with Crippen LogP contribution in [0.2, 0.25) is 0 Å². The van der Waals surface area contributed by atoms with Crippen LogP contribution in [0.15, 0.2) is 24.3 Å². The van der Waals surface area contributed by atoms with Crippen molar-refractivity contribution in [2.75, 3.05) is 33.4 Å². The molecule has 0 heterocycles. The molecule has 1 aromatic rings. The molecule has 0 radical (unpaired) electrons. The van der Waals surface area contributed by atoms with E-state index in [2.05, 4.69) is 48.3 Å². The first-order valence-corrected chi connectivity index (χ1v) is 7.30. The second kappa shape index (κ2) is 9.96. The zero-order chi connectivity index (χ0) is 13.9. The number of rotatable bonds is 10. The van der Waals surface area contributed by atoms with Crippen molar-refractivity contribution in [1.82, 2.24) is 10.2 Å². The van der Waals surface area contributed by atoms with Gasteiger partial charge < -0.3 is 10.1 Å². The van der Waals surface area contributed by atoms with Crippen LogP contribution >= 0.6 is 0 Å². The molecule has 0 aliphatic rings. The van der Waals surface area contributed by atoms with Crippen molar-refractivity contribution in [2.45, 2.75) is 33.4 Å². The first-order valence-electron chi connectivity index (χ1n) is 7.30. The van der Waals surface area contributed by atoms with E-state index < -0.39 is 0 Å². The van der Waals surface area contributed by atoms with E-state index >= 15 is 0 Å². The predicted octanol–water partition coefficient (Wildman–Crippen LogP) is 2.65. The van der Waals surface area contributed by atoms with Crippen molar-refractivity contribution in [3.05, 3.63) is 35.4 Å². The summed E-state index contributed by atoms with van der Waals surface area (Å²) in [5, 5.41) is 3.43. The molecule has 0 saturated heterocycles.